The van der Waals surface area contributed by atoms with E-state index in [1.807, 2.05) is 60.7 Å². The van der Waals surface area contributed by atoms with Crippen LogP contribution in [0.3, 0.4) is 0 Å². The molecule has 0 bridgehead atoms. The molecule has 1 atom stereocenters. The number of azide groups is 1. The van der Waals surface area contributed by atoms with Gasteiger partial charge in [0.2, 0.25) is 0 Å². The van der Waals surface area contributed by atoms with Gasteiger partial charge in [0, 0.05) is 15.9 Å². The lowest BCUT2D eigenvalue weighted by Crippen LogP contribution is -2.18. The summed E-state index contributed by atoms with van der Waals surface area (Å²) in [5.74, 6) is 2.77. The molecule has 35 heavy (non-hydrogen) atoms. The van der Waals surface area contributed by atoms with Gasteiger partial charge in [-0.05, 0) is 67.8 Å². The first-order valence-corrected chi connectivity index (χ1v) is 11.5. The zero-order valence-corrected chi connectivity index (χ0v) is 19.6. The van der Waals surface area contributed by atoms with Crippen LogP contribution in [0.1, 0.15) is 38.2 Å². The van der Waals surface area contributed by atoms with E-state index in [9.17, 15) is 4.79 Å². The molecule has 0 aliphatic carbocycles. The second kappa shape index (κ2) is 13.4. The number of benzene rings is 3. The molecule has 1 unspecified atom stereocenters. The van der Waals surface area contributed by atoms with E-state index in [1.165, 1.54) is 6.92 Å². The van der Waals surface area contributed by atoms with Crippen molar-refractivity contribution in [3.63, 3.8) is 0 Å². The van der Waals surface area contributed by atoms with Gasteiger partial charge in [0.1, 0.15) is 17.5 Å². The van der Waals surface area contributed by atoms with Crippen LogP contribution in [-0.2, 0) is 9.53 Å². The van der Waals surface area contributed by atoms with Crippen molar-refractivity contribution in [3.05, 3.63) is 76.7 Å². The SMILES string of the molecule is C#Cc1cccc(N=Nc2c(OCCCCCCOC(=O)C(C)N=[N+]=[N-])ccc3ccccc23)c1. The van der Waals surface area contributed by atoms with E-state index < -0.39 is 12.0 Å². The zero-order chi connectivity index (χ0) is 24.9. The van der Waals surface area contributed by atoms with Gasteiger partial charge in [-0.25, -0.2) is 0 Å². The van der Waals surface area contributed by atoms with E-state index >= 15 is 0 Å². The van der Waals surface area contributed by atoms with Crippen LogP contribution < -0.4 is 4.74 Å². The van der Waals surface area contributed by atoms with Crippen molar-refractivity contribution in [1.29, 1.82) is 0 Å². The molecule has 3 aromatic carbocycles. The fraction of sp³-hybridized carbons (Fsp3) is 0.296. The number of ether oxygens (including phenoxy) is 2. The first-order chi connectivity index (χ1) is 17.1. The maximum Gasteiger partial charge on any atom is 0.314 e. The van der Waals surface area contributed by atoms with Crippen molar-refractivity contribution in [1.82, 2.24) is 0 Å². The molecule has 0 amide bonds. The molecule has 3 aromatic rings. The van der Waals surface area contributed by atoms with Crippen LogP contribution in [0.25, 0.3) is 21.2 Å². The highest BCUT2D eigenvalue weighted by atomic mass is 16.5. The number of hydrogen-bond acceptors (Lipinski definition) is 6. The van der Waals surface area contributed by atoms with Gasteiger partial charge < -0.3 is 9.47 Å². The highest BCUT2D eigenvalue weighted by Gasteiger charge is 2.12. The van der Waals surface area contributed by atoms with Gasteiger partial charge in [0.05, 0.1) is 18.9 Å². The van der Waals surface area contributed by atoms with Crippen LogP contribution in [0.15, 0.2) is 76.0 Å². The van der Waals surface area contributed by atoms with E-state index in [1.54, 1.807) is 0 Å². The molecule has 0 saturated heterocycles. The molecule has 0 spiro atoms. The van der Waals surface area contributed by atoms with Crippen LogP contribution >= 0.6 is 0 Å². The first-order valence-electron chi connectivity index (χ1n) is 11.5. The fourth-order valence-electron chi connectivity index (χ4n) is 3.38. The monoisotopic (exact) mass is 469 g/mol. The number of esters is 1. The smallest absolute Gasteiger partial charge is 0.314 e. The molecule has 178 valence electrons. The Morgan fingerprint density at radius 1 is 1.03 bits per heavy atom. The number of nitrogens with zero attached hydrogens (tertiary/aromatic N) is 5. The lowest BCUT2D eigenvalue weighted by atomic mass is 10.1. The molecule has 0 N–H and O–H groups in total. The molecule has 0 aliphatic rings. The number of azo groups is 1. The zero-order valence-electron chi connectivity index (χ0n) is 19.6. The predicted molar refractivity (Wildman–Crippen MR) is 136 cm³/mol. The van der Waals surface area contributed by atoms with Gasteiger partial charge in [-0.1, -0.05) is 47.4 Å². The van der Waals surface area contributed by atoms with Crippen LogP contribution in [0, 0.1) is 12.3 Å². The Balaban J connectivity index is 1.55. The quantitative estimate of drug-likeness (QED) is 0.0687. The van der Waals surface area contributed by atoms with Gasteiger partial charge in [-0.3, -0.25) is 4.79 Å². The maximum atomic E-state index is 11.6. The third-order valence-electron chi connectivity index (χ3n) is 5.25. The van der Waals surface area contributed by atoms with E-state index in [-0.39, 0.29) is 0 Å². The van der Waals surface area contributed by atoms with E-state index in [0.717, 1.165) is 42.0 Å². The minimum Gasteiger partial charge on any atom is -0.491 e. The van der Waals surface area contributed by atoms with Gasteiger partial charge >= 0.3 is 5.97 Å². The predicted octanol–water partition coefficient (Wildman–Crippen LogP) is 7.42. The number of rotatable bonds is 12. The summed E-state index contributed by atoms with van der Waals surface area (Å²) in [6.45, 7) is 2.34. The molecular weight excluding hydrogens is 442 g/mol. The third kappa shape index (κ3) is 7.60. The molecule has 8 heteroatoms. The molecule has 8 nitrogen and oxygen atoms in total. The highest BCUT2D eigenvalue weighted by Crippen LogP contribution is 2.37. The fourth-order valence-corrected chi connectivity index (χ4v) is 3.38. The number of hydrogen-bond donors (Lipinski definition) is 0. The minimum atomic E-state index is -0.803. The lowest BCUT2D eigenvalue weighted by molar-refractivity contribution is -0.144. The van der Waals surface area contributed by atoms with E-state index in [0.29, 0.717) is 30.3 Å². The van der Waals surface area contributed by atoms with Crippen molar-refractivity contribution in [2.45, 2.75) is 38.6 Å². The molecule has 0 radical (unpaired) electrons. The largest absolute Gasteiger partial charge is 0.491 e. The molecule has 0 heterocycles. The van der Waals surface area contributed by atoms with Crippen LogP contribution in [-0.4, -0.2) is 25.2 Å². The summed E-state index contributed by atoms with van der Waals surface area (Å²) in [5, 5.41) is 14.2. The number of terminal acetylenes is 1. The Morgan fingerprint density at radius 2 is 1.83 bits per heavy atom. The van der Waals surface area contributed by atoms with E-state index in [4.69, 9.17) is 21.4 Å². The number of unbranched alkanes of at least 4 members (excludes halogenated alkanes) is 3. The van der Waals surface area contributed by atoms with Crippen molar-refractivity contribution in [3.8, 4) is 18.1 Å². The summed E-state index contributed by atoms with van der Waals surface area (Å²) in [6.07, 6.45) is 8.88. The topological polar surface area (TPSA) is 109 Å². The summed E-state index contributed by atoms with van der Waals surface area (Å²) >= 11 is 0. The standard InChI is InChI=1S/C27H27N5O3/c1-3-21-11-10-13-23(19-21)30-31-26-24-14-7-6-12-22(24)15-16-25(26)34-17-8-4-5-9-18-35-27(33)20(2)29-32-28/h1,6-7,10-16,19-20H,4-5,8-9,17-18H2,2H3. The van der Waals surface area contributed by atoms with Gasteiger partial charge in [0.15, 0.2) is 0 Å². The summed E-state index contributed by atoms with van der Waals surface area (Å²) < 4.78 is 11.2. The molecular formula is C27H27N5O3. The van der Waals surface area contributed by atoms with E-state index in [2.05, 4.69) is 26.2 Å². The Kier molecular flexibility index (Phi) is 9.67. The first kappa shape index (κ1) is 25.3. The third-order valence-corrected chi connectivity index (χ3v) is 5.25. The van der Waals surface area contributed by atoms with Crippen molar-refractivity contribution < 1.29 is 14.3 Å². The average molecular weight is 470 g/mol. The normalized spacial score (nSPS) is 11.5. The summed E-state index contributed by atoms with van der Waals surface area (Å²) in [4.78, 5) is 14.2. The van der Waals surface area contributed by atoms with Crippen LogP contribution in [0.2, 0.25) is 0 Å². The van der Waals surface area contributed by atoms with Crippen molar-refractivity contribution >= 4 is 28.1 Å². The lowest BCUT2D eigenvalue weighted by Gasteiger charge is -2.11. The average Bonchev–Trinajstić information content (AvgIpc) is 2.89. The number of fused-ring (bicyclic) bond motifs is 1. The Bertz CT molecular complexity index is 1280. The summed E-state index contributed by atoms with van der Waals surface area (Å²) in [7, 11) is 0. The Labute approximate surface area is 204 Å². The van der Waals surface area contributed by atoms with Crippen molar-refractivity contribution in [2.24, 2.45) is 15.3 Å². The molecule has 0 fully saturated rings. The second-order valence-electron chi connectivity index (χ2n) is 7.84. The van der Waals surface area contributed by atoms with Crippen LogP contribution in [0.5, 0.6) is 5.75 Å². The Morgan fingerprint density at radius 3 is 2.63 bits per heavy atom. The summed E-state index contributed by atoms with van der Waals surface area (Å²) in [5.41, 5.74) is 10.4. The number of carbonyl (C=O) groups excluding carboxylic acids is 1. The summed E-state index contributed by atoms with van der Waals surface area (Å²) in [6, 6.07) is 18.4. The van der Waals surface area contributed by atoms with Crippen LogP contribution in [0.4, 0.5) is 11.4 Å². The van der Waals surface area contributed by atoms with Gasteiger partial charge in [0.25, 0.3) is 0 Å². The van der Waals surface area contributed by atoms with Gasteiger partial charge in [-0.2, -0.15) is 5.11 Å². The highest BCUT2D eigenvalue weighted by molar-refractivity contribution is 5.95. The molecule has 0 aliphatic heterocycles. The Hall–Kier alpha value is -4.34. The molecule has 3 rings (SSSR count). The van der Waals surface area contributed by atoms with Crippen molar-refractivity contribution in [2.75, 3.05) is 13.2 Å². The molecule has 0 aromatic heterocycles. The second-order valence-corrected chi connectivity index (χ2v) is 7.84. The number of carbonyl (C=O) groups is 1. The maximum absolute atomic E-state index is 11.6. The van der Waals surface area contributed by atoms with Gasteiger partial charge in [-0.15, -0.1) is 11.5 Å². The molecule has 0 saturated carbocycles. The minimum absolute atomic E-state index is 0.307.